The van der Waals surface area contributed by atoms with Crippen molar-refractivity contribution in [2.24, 2.45) is 0 Å². The first-order valence-electron chi connectivity index (χ1n) is 5.96. The van der Waals surface area contributed by atoms with Crippen LogP contribution in [-0.2, 0) is 0 Å². The van der Waals surface area contributed by atoms with Crippen LogP contribution in [0.2, 0.25) is 0 Å². The topological polar surface area (TPSA) is 58.4 Å². The second-order valence-corrected chi connectivity index (χ2v) is 5.65. The Bertz CT molecular complexity index is 627. The van der Waals surface area contributed by atoms with Gasteiger partial charge in [0.05, 0.1) is 8.49 Å². The van der Waals surface area contributed by atoms with Gasteiger partial charge in [-0.2, -0.15) is 0 Å². The molecule has 0 saturated heterocycles. The third-order valence-electron chi connectivity index (χ3n) is 2.82. The number of hydrogen-bond acceptors (Lipinski definition) is 4. The fraction of sp³-hybridized carbons (Fsp3) is 0.143. The molecule has 0 fully saturated rings. The summed E-state index contributed by atoms with van der Waals surface area (Å²) in [6, 6.07) is 13.0. The normalized spacial score (nSPS) is 10.2. The highest BCUT2D eigenvalue weighted by Gasteiger charge is 2.11. The lowest BCUT2D eigenvalue weighted by molar-refractivity contribution is -0.385. The van der Waals surface area contributed by atoms with Gasteiger partial charge in [0, 0.05) is 37.2 Å². The number of nitrogens with one attached hydrogen (secondary N) is 1. The lowest BCUT2D eigenvalue weighted by atomic mass is 10.2. The van der Waals surface area contributed by atoms with E-state index >= 15 is 0 Å². The Kier molecular flexibility index (Phi) is 4.43. The summed E-state index contributed by atoms with van der Waals surface area (Å²) in [6.45, 7) is 0. The second kappa shape index (κ2) is 6.08. The molecule has 0 spiro atoms. The van der Waals surface area contributed by atoms with Crippen molar-refractivity contribution in [3.8, 4) is 0 Å². The molecule has 0 bridgehead atoms. The maximum absolute atomic E-state index is 10.8. The van der Waals surface area contributed by atoms with Gasteiger partial charge >= 0.3 is 0 Å². The number of halogens is 1. The van der Waals surface area contributed by atoms with E-state index < -0.39 is 0 Å². The zero-order chi connectivity index (χ0) is 14.7. The van der Waals surface area contributed by atoms with E-state index in [9.17, 15) is 10.1 Å². The molecule has 0 atom stereocenters. The summed E-state index contributed by atoms with van der Waals surface area (Å²) in [7, 11) is 3.97. The first-order chi connectivity index (χ1) is 9.47. The quantitative estimate of drug-likeness (QED) is 0.493. The molecule has 0 saturated carbocycles. The Morgan fingerprint density at radius 2 is 1.70 bits per heavy atom. The number of benzene rings is 2. The van der Waals surface area contributed by atoms with Crippen molar-refractivity contribution in [1.29, 1.82) is 0 Å². The lowest BCUT2D eigenvalue weighted by Gasteiger charge is -2.13. The summed E-state index contributed by atoms with van der Waals surface area (Å²) in [5.41, 5.74) is 3.02. The monoisotopic (exact) mass is 383 g/mol. The summed E-state index contributed by atoms with van der Waals surface area (Å²) in [6.07, 6.45) is 0. The molecule has 0 aromatic heterocycles. The SMILES string of the molecule is CN(C)c1ccc(Nc2ccc([N+](=O)[O-])c(I)c2)cc1. The molecule has 0 aliphatic heterocycles. The maximum atomic E-state index is 10.8. The molecule has 2 aromatic carbocycles. The Morgan fingerprint density at radius 3 is 2.20 bits per heavy atom. The number of anilines is 3. The van der Waals surface area contributed by atoms with Gasteiger partial charge < -0.3 is 10.2 Å². The molecular weight excluding hydrogens is 369 g/mol. The number of hydrogen-bond donors (Lipinski definition) is 1. The molecule has 0 heterocycles. The summed E-state index contributed by atoms with van der Waals surface area (Å²) < 4.78 is 0.613. The van der Waals surface area contributed by atoms with Gasteiger partial charge in [0.25, 0.3) is 5.69 Å². The highest BCUT2D eigenvalue weighted by atomic mass is 127. The van der Waals surface area contributed by atoms with E-state index in [4.69, 9.17) is 0 Å². The fourth-order valence-corrected chi connectivity index (χ4v) is 2.45. The molecule has 2 rings (SSSR count). The summed E-state index contributed by atoms with van der Waals surface area (Å²) in [5, 5.41) is 14.0. The molecule has 0 amide bonds. The van der Waals surface area contributed by atoms with E-state index in [0.29, 0.717) is 3.57 Å². The highest BCUT2D eigenvalue weighted by Crippen LogP contribution is 2.26. The number of nitrogens with zero attached hydrogens (tertiary/aromatic N) is 2. The second-order valence-electron chi connectivity index (χ2n) is 4.49. The largest absolute Gasteiger partial charge is 0.378 e. The van der Waals surface area contributed by atoms with Crippen molar-refractivity contribution in [2.45, 2.75) is 0 Å². The minimum atomic E-state index is -0.378. The molecule has 104 valence electrons. The van der Waals surface area contributed by atoms with Crippen molar-refractivity contribution in [3.05, 3.63) is 56.1 Å². The average Bonchev–Trinajstić information content (AvgIpc) is 2.39. The zero-order valence-electron chi connectivity index (χ0n) is 11.1. The van der Waals surface area contributed by atoms with Crippen molar-refractivity contribution in [3.63, 3.8) is 0 Å². The van der Waals surface area contributed by atoms with Gasteiger partial charge in [-0.25, -0.2) is 0 Å². The molecule has 20 heavy (non-hydrogen) atoms. The molecule has 0 aliphatic rings. The van der Waals surface area contributed by atoms with E-state index in [1.807, 2.05) is 65.9 Å². The van der Waals surface area contributed by atoms with Crippen LogP contribution in [0.3, 0.4) is 0 Å². The van der Waals surface area contributed by atoms with Gasteiger partial charge in [-0.15, -0.1) is 0 Å². The minimum Gasteiger partial charge on any atom is -0.378 e. The van der Waals surface area contributed by atoms with Crippen LogP contribution in [0, 0.1) is 13.7 Å². The third-order valence-corrected chi connectivity index (χ3v) is 3.68. The van der Waals surface area contributed by atoms with Crippen LogP contribution in [0.1, 0.15) is 0 Å². The van der Waals surface area contributed by atoms with Crippen molar-refractivity contribution in [2.75, 3.05) is 24.3 Å². The predicted octanol–water partition coefficient (Wildman–Crippen LogP) is 4.01. The van der Waals surface area contributed by atoms with Crippen LogP contribution in [0.25, 0.3) is 0 Å². The van der Waals surface area contributed by atoms with E-state index in [0.717, 1.165) is 17.1 Å². The number of nitro groups is 1. The fourth-order valence-electron chi connectivity index (χ4n) is 1.74. The standard InChI is InChI=1S/C14H14IN3O2/c1-17(2)12-6-3-10(4-7-12)16-11-5-8-14(18(19)20)13(15)9-11/h3-9,16H,1-2H3. The smallest absolute Gasteiger partial charge is 0.282 e. The van der Waals surface area contributed by atoms with Gasteiger partial charge in [0.2, 0.25) is 0 Å². The van der Waals surface area contributed by atoms with Gasteiger partial charge in [-0.3, -0.25) is 10.1 Å². The Hall–Kier alpha value is -1.83. The Labute approximate surface area is 130 Å². The average molecular weight is 383 g/mol. The van der Waals surface area contributed by atoms with Gasteiger partial charge in [0.1, 0.15) is 0 Å². The van der Waals surface area contributed by atoms with Crippen molar-refractivity contribution >= 4 is 45.3 Å². The summed E-state index contributed by atoms with van der Waals surface area (Å²) in [5.74, 6) is 0. The van der Waals surface area contributed by atoms with E-state index in [-0.39, 0.29) is 10.6 Å². The third kappa shape index (κ3) is 3.38. The molecule has 0 aliphatic carbocycles. The molecule has 5 nitrogen and oxygen atoms in total. The Morgan fingerprint density at radius 1 is 1.10 bits per heavy atom. The minimum absolute atomic E-state index is 0.124. The predicted molar refractivity (Wildman–Crippen MR) is 89.9 cm³/mol. The Balaban J connectivity index is 2.17. The van der Waals surface area contributed by atoms with E-state index in [1.165, 1.54) is 6.07 Å². The number of rotatable bonds is 4. The zero-order valence-corrected chi connectivity index (χ0v) is 13.3. The lowest BCUT2D eigenvalue weighted by Crippen LogP contribution is -2.08. The van der Waals surface area contributed by atoms with Gasteiger partial charge in [0.15, 0.2) is 0 Å². The van der Waals surface area contributed by atoms with Crippen LogP contribution in [0.15, 0.2) is 42.5 Å². The van der Waals surface area contributed by atoms with Crippen LogP contribution >= 0.6 is 22.6 Å². The first kappa shape index (κ1) is 14.6. The van der Waals surface area contributed by atoms with E-state index in [2.05, 4.69) is 5.32 Å². The summed E-state index contributed by atoms with van der Waals surface area (Å²) >= 11 is 1.97. The van der Waals surface area contributed by atoms with Gasteiger partial charge in [-0.1, -0.05) is 0 Å². The summed E-state index contributed by atoms with van der Waals surface area (Å²) in [4.78, 5) is 12.4. The van der Waals surface area contributed by atoms with Crippen LogP contribution in [0.5, 0.6) is 0 Å². The van der Waals surface area contributed by atoms with Crippen LogP contribution in [0.4, 0.5) is 22.7 Å². The first-order valence-corrected chi connectivity index (χ1v) is 7.03. The van der Waals surface area contributed by atoms with Gasteiger partial charge in [-0.05, 0) is 59.0 Å². The van der Waals surface area contributed by atoms with Crippen molar-refractivity contribution in [1.82, 2.24) is 0 Å². The van der Waals surface area contributed by atoms with Crippen LogP contribution in [-0.4, -0.2) is 19.0 Å². The van der Waals surface area contributed by atoms with E-state index in [1.54, 1.807) is 12.1 Å². The molecule has 1 N–H and O–H groups in total. The van der Waals surface area contributed by atoms with Crippen LogP contribution < -0.4 is 10.2 Å². The molecule has 0 unspecified atom stereocenters. The van der Waals surface area contributed by atoms with Crippen molar-refractivity contribution < 1.29 is 4.92 Å². The molecular formula is C14H14IN3O2. The highest BCUT2D eigenvalue weighted by molar-refractivity contribution is 14.1. The molecule has 2 aromatic rings. The molecule has 6 heteroatoms. The number of nitro benzene ring substituents is 1. The molecule has 0 radical (unpaired) electrons. The maximum Gasteiger partial charge on any atom is 0.282 e.